The number of benzene rings is 1. The van der Waals surface area contributed by atoms with Gasteiger partial charge in [-0.25, -0.2) is 4.79 Å². The third-order valence-electron chi connectivity index (χ3n) is 2.73. The summed E-state index contributed by atoms with van der Waals surface area (Å²) >= 11 is 6.06. The van der Waals surface area contributed by atoms with Gasteiger partial charge in [-0.05, 0) is 24.1 Å². The number of carbonyl (C=O) groups excluding carboxylic acids is 1. The van der Waals surface area contributed by atoms with Crippen molar-refractivity contribution in [2.24, 2.45) is 5.92 Å². The second kappa shape index (κ2) is 6.50. The average molecular weight is 256 g/mol. The minimum Gasteiger partial charge on any atom is -0.465 e. The van der Waals surface area contributed by atoms with Crippen molar-refractivity contribution in [1.82, 2.24) is 0 Å². The highest BCUT2D eigenvalue weighted by atomic mass is 35.5. The first-order valence-corrected chi connectivity index (χ1v) is 6.08. The normalized spacial score (nSPS) is 12.0. The van der Waals surface area contributed by atoms with Crippen LogP contribution in [0, 0.1) is 5.92 Å². The van der Waals surface area contributed by atoms with Crippen LogP contribution in [-0.4, -0.2) is 19.6 Å². The van der Waals surface area contributed by atoms with Gasteiger partial charge in [-0.2, -0.15) is 0 Å². The van der Waals surface area contributed by atoms with Gasteiger partial charge >= 0.3 is 5.97 Å². The highest BCUT2D eigenvalue weighted by Crippen LogP contribution is 2.23. The molecule has 0 aromatic heterocycles. The van der Waals surface area contributed by atoms with Gasteiger partial charge in [0.1, 0.15) is 0 Å². The number of anilines is 1. The number of halogens is 1. The Kier molecular flexibility index (Phi) is 5.29. The first kappa shape index (κ1) is 13.8. The van der Waals surface area contributed by atoms with Crippen molar-refractivity contribution >= 4 is 23.3 Å². The largest absolute Gasteiger partial charge is 0.465 e. The van der Waals surface area contributed by atoms with Gasteiger partial charge in [-0.3, -0.25) is 0 Å². The average Bonchev–Trinajstić information content (AvgIpc) is 2.36. The van der Waals surface area contributed by atoms with E-state index in [-0.39, 0.29) is 5.97 Å². The summed E-state index contributed by atoms with van der Waals surface area (Å²) in [5.74, 6) is 0.209. The molecule has 0 aliphatic rings. The minimum atomic E-state index is -0.353. The molecule has 0 aliphatic carbocycles. The summed E-state index contributed by atoms with van der Waals surface area (Å²) in [6.45, 7) is 5.13. The molecule has 1 atom stereocenters. The summed E-state index contributed by atoms with van der Waals surface area (Å²) in [5, 5.41) is 3.86. The van der Waals surface area contributed by atoms with Crippen molar-refractivity contribution in [3.63, 3.8) is 0 Å². The minimum absolute atomic E-state index is 0.353. The van der Waals surface area contributed by atoms with Crippen LogP contribution in [0.2, 0.25) is 5.02 Å². The zero-order valence-corrected chi connectivity index (χ0v) is 11.2. The summed E-state index contributed by atoms with van der Waals surface area (Å²) < 4.78 is 4.67. The van der Waals surface area contributed by atoms with Crippen LogP contribution < -0.4 is 5.32 Å². The fraction of sp³-hybridized carbons (Fsp3) is 0.462. The number of methoxy groups -OCH3 is 1. The molecule has 0 saturated heterocycles. The van der Waals surface area contributed by atoms with Crippen LogP contribution in [0.1, 0.15) is 30.6 Å². The third kappa shape index (κ3) is 3.93. The van der Waals surface area contributed by atoms with Gasteiger partial charge in [0.2, 0.25) is 0 Å². The Hall–Kier alpha value is -1.22. The SMILES string of the molecule is CCC(C)CNc1cc(C(=O)OC)ccc1Cl. The molecule has 1 rings (SSSR count). The maximum Gasteiger partial charge on any atom is 0.337 e. The standard InChI is InChI=1S/C13H18ClNO2/c1-4-9(2)8-15-12-7-10(13(16)17-3)5-6-11(12)14/h5-7,9,15H,4,8H2,1-3H3. The van der Waals surface area contributed by atoms with E-state index in [1.165, 1.54) is 7.11 Å². The summed E-state index contributed by atoms with van der Waals surface area (Å²) in [4.78, 5) is 11.4. The lowest BCUT2D eigenvalue weighted by atomic mass is 10.1. The molecule has 0 bridgehead atoms. The third-order valence-corrected chi connectivity index (χ3v) is 3.05. The molecule has 1 N–H and O–H groups in total. The fourth-order valence-electron chi connectivity index (χ4n) is 1.33. The summed E-state index contributed by atoms with van der Waals surface area (Å²) in [6, 6.07) is 5.08. The fourth-order valence-corrected chi connectivity index (χ4v) is 1.52. The van der Waals surface area contributed by atoms with E-state index in [1.807, 2.05) is 0 Å². The first-order valence-electron chi connectivity index (χ1n) is 5.70. The molecule has 1 aromatic rings. The molecule has 4 heteroatoms. The van der Waals surface area contributed by atoms with E-state index in [1.54, 1.807) is 18.2 Å². The number of rotatable bonds is 5. The smallest absolute Gasteiger partial charge is 0.337 e. The molecule has 0 aliphatic heterocycles. The van der Waals surface area contributed by atoms with Gasteiger partial charge in [0.15, 0.2) is 0 Å². The number of hydrogen-bond donors (Lipinski definition) is 1. The van der Waals surface area contributed by atoms with Gasteiger partial charge in [0.25, 0.3) is 0 Å². The van der Waals surface area contributed by atoms with Crippen molar-refractivity contribution in [2.75, 3.05) is 19.0 Å². The molecule has 0 saturated carbocycles. The van der Waals surface area contributed by atoms with Crippen molar-refractivity contribution < 1.29 is 9.53 Å². The van der Waals surface area contributed by atoms with E-state index in [2.05, 4.69) is 23.9 Å². The van der Waals surface area contributed by atoms with Crippen molar-refractivity contribution in [1.29, 1.82) is 0 Å². The molecule has 0 amide bonds. The van der Waals surface area contributed by atoms with Crippen molar-refractivity contribution in [3.8, 4) is 0 Å². The van der Waals surface area contributed by atoms with E-state index in [9.17, 15) is 4.79 Å². The first-order chi connectivity index (χ1) is 8.08. The van der Waals surface area contributed by atoms with E-state index < -0.39 is 0 Å². The number of carbonyl (C=O) groups is 1. The molecule has 0 radical (unpaired) electrons. The van der Waals surface area contributed by atoms with Gasteiger partial charge in [0.05, 0.1) is 23.4 Å². The summed E-state index contributed by atoms with van der Waals surface area (Å²) in [7, 11) is 1.36. The summed E-state index contributed by atoms with van der Waals surface area (Å²) in [5.41, 5.74) is 1.28. The van der Waals surface area contributed by atoms with E-state index in [0.29, 0.717) is 16.5 Å². The molecular formula is C13H18ClNO2. The molecule has 17 heavy (non-hydrogen) atoms. The second-order valence-electron chi connectivity index (χ2n) is 4.08. The Labute approximate surface area is 107 Å². The molecule has 0 heterocycles. The van der Waals surface area contributed by atoms with Gasteiger partial charge in [-0.15, -0.1) is 0 Å². The maximum atomic E-state index is 11.4. The lowest BCUT2D eigenvalue weighted by Gasteiger charge is -2.13. The molecule has 1 aromatic carbocycles. The Morgan fingerprint density at radius 1 is 1.53 bits per heavy atom. The van der Waals surface area contributed by atoms with Gasteiger partial charge < -0.3 is 10.1 Å². The van der Waals surface area contributed by atoms with Gasteiger partial charge in [-0.1, -0.05) is 31.9 Å². The van der Waals surface area contributed by atoms with Crippen LogP contribution >= 0.6 is 11.6 Å². The molecule has 1 unspecified atom stereocenters. The van der Waals surface area contributed by atoms with Crippen molar-refractivity contribution in [2.45, 2.75) is 20.3 Å². The van der Waals surface area contributed by atoms with Crippen LogP contribution in [0.15, 0.2) is 18.2 Å². The monoisotopic (exact) mass is 255 g/mol. The Morgan fingerprint density at radius 3 is 2.82 bits per heavy atom. The zero-order chi connectivity index (χ0) is 12.8. The van der Waals surface area contributed by atoms with Crippen LogP contribution in [0.4, 0.5) is 5.69 Å². The number of ether oxygens (including phenoxy) is 1. The molecular weight excluding hydrogens is 238 g/mol. The van der Waals surface area contributed by atoms with E-state index >= 15 is 0 Å². The Balaban J connectivity index is 2.80. The zero-order valence-electron chi connectivity index (χ0n) is 10.4. The quantitative estimate of drug-likeness (QED) is 0.818. The lowest BCUT2D eigenvalue weighted by molar-refractivity contribution is 0.0601. The Bertz CT molecular complexity index is 393. The highest BCUT2D eigenvalue weighted by Gasteiger charge is 2.09. The number of esters is 1. The van der Waals surface area contributed by atoms with Crippen LogP contribution in [0.25, 0.3) is 0 Å². The topological polar surface area (TPSA) is 38.3 Å². The maximum absolute atomic E-state index is 11.4. The predicted molar refractivity (Wildman–Crippen MR) is 70.7 cm³/mol. The number of hydrogen-bond acceptors (Lipinski definition) is 3. The van der Waals surface area contributed by atoms with Crippen LogP contribution in [0.5, 0.6) is 0 Å². The van der Waals surface area contributed by atoms with E-state index in [0.717, 1.165) is 18.7 Å². The predicted octanol–water partition coefficient (Wildman–Crippen LogP) is 3.58. The van der Waals surface area contributed by atoms with Crippen LogP contribution in [-0.2, 0) is 4.74 Å². The van der Waals surface area contributed by atoms with E-state index in [4.69, 9.17) is 11.6 Å². The molecule has 0 spiro atoms. The highest BCUT2D eigenvalue weighted by molar-refractivity contribution is 6.33. The second-order valence-corrected chi connectivity index (χ2v) is 4.49. The molecule has 3 nitrogen and oxygen atoms in total. The Morgan fingerprint density at radius 2 is 2.24 bits per heavy atom. The molecule has 94 valence electrons. The van der Waals surface area contributed by atoms with Crippen LogP contribution in [0.3, 0.4) is 0 Å². The van der Waals surface area contributed by atoms with Gasteiger partial charge in [0, 0.05) is 6.54 Å². The number of nitrogens with one attached hydrogen (secondary N) is 1. The summed E-state index contributed by atoms with van der Waals surface area (Å²) in [6.07, 6.45) is 1.10. The molecule has 0 fully saturated rings. The van der Waals surface area contributed by atoms with Crippen molar-refractivity contribution in [3.05, 3.63) is 28.8 Å². The lowest BCUT2D eigenvalue weighted by Crippen LogP contribution is -2.11.